The van der Waals surface area contributed by atoms with Crippen molar-refractivity contribution in [3.05, 3.63) is 41.6 Å². The number of aliphatic hydroxyl groups is 1. The fraction of sp³-hybridized carbons (Fsp3) is 0.400. The van der Waals surface area contributed by atoms with Crippen LogP contribution in [0.3, 0.4) is 0 Å². The average molecular weight is 245 g/mol. The number of β-amino-alcohol motifs (C(OH)–C–C–N with tert-alkyl or cyclic N) is 1. The Hall–Kier alpha value is -1.61. The maximum Gasteiger partial charge on any atom is 0.144 e. The molecule has 1 aromatic rings. The van der Waals surface area contributed by atoms with Crippen molar-refractivity contribution in [2.45, 2.75) is 32.3 Å². The van der Waals surface area contributed by atoms with Crippen LogP contribution in [0.4, 0.5) is 5.69 Å². The number of carbonyl (C=O) groups is 1. The molecule has 2 rings (SSSR count). The number of anilines is 1. The first-order valence-corrected chi connectivity index (χ1v) is 6.19. The van der Waals surface area contributed by atoms with E-state index in [4.69, 9.17) is 0 Å². The number of rotatable bonds is 3. The molecule has 3 nitrogen and oxygen atoms in total. The first-order valence-electron chi connectivity index (χ1n) is 6.19. The molecule has 0 saturated heterocycles. The molecule has 0 spiro atoms. The molecule has 1 aliphatic heterocycles. The lowest BCUT2D eigenvalue weighted by Crippen LogP contribution is -2.32. The molecular formula is C15H19NO2. The summed E-state index contributed by atoms with van der Waals surface area (Å²) in [5, 5.41) is 9.64. The third-order valence-electron chi connectivity index (χ3n) is 3.47. The monoisotopic (exact) mass is 245 g/mol. The molecule has 1 N–H and O–H groups in total. The van der Waals surface area contributed by atoms with Gasteiger partial charge in [-0.25, -0.2) is 0 Å². The van der Waals surface area contributed by atoms with Crippen molar-refractivity contribution in [2.75, 3.05) is 11.4 Å². The summed E-state index contributed by atoms with van der Waals surface area (Å²) in [6, 6.07) is 8.10. The van der Waals surface area contributed by atoms with Gasteiger partial charge in [0, 0.05) is 23.3 Å². The van der Waals surface area contributed by atoms with E-state index in [-0.39, 0.29) is 5.41 Å². The summed E-state index contributed by atoms with van der Waals surface area (Å²) in [5.41, 5.74) is 3.02. The number of hydrogen-bond acceptors (Lipinski definition) is 3. The molecule has 0 fully saturated rings. The van der Waals surface area contributed by atoms with Crippen LogP contribution in [0, 0.1) is 0 Å². The van der Waals surface area contributed by atoms with E-state index in [1.54, 1.807) is 13.0 Å². The van der Waals surface area contributed by atoms with Crippen molar-refractivity contribution in [3.63, 3.8) is 0 Å². The first-order chi connectivity index (χ1) is 8.48. The van der Waals surface area contributed by atoms with Gasteiger partial charge in [-0.1, -0.05) is 32.0 Å². The highest BCUT2D eigenvalue weighted by Gasteiger charge is 2.39. The van der Waals surface area contributed by atoms with Crippen LogP contribution in [-0.4, -0.2) is 24.0 Å². The van der Waals surface area contributed by atoms with Gasteiger partial charge >= 0.3 is 0 Å². The van der Waals surface area contributed by atoms with Crippen LogP contribution in [0.15, 0.2) is 36.0 Å². The lowest BCUT2D eigenvalue weighted by Gasteiger charge is -2.27. The fourth-order valence-electron chi connectivity index (χ4n) is 2.67. The largest absolute Gasteiger partial charge is 0.392 e. The molecule has 1 aromatic carbocycles. The zero-order valence-electron chi connectivity index (χ0n) is 11.1. The SMILES string of the molecule is CC(O)CN1/C(=C\C=O)C(C)(C)c2ccccc21. The Bertz CT molecular complexity index is 489. The molecule has 0 saturated carbocycles. The molecule has 1 heterocycles. The summed E-state index contributed by atoms with van der Waals surface area (Å²) in [7, 11) is 0. The van der Waals surface area contributed by atoms with E-state index >= 15 is 0 Å². The van der Waals surface area contributed by atoms with Crippen LogP contribution in [-0.2, 0) is 10.2 Å². The maximum absolute atomic E-state index is 10.9. The molecule has 1 unspecified atom stereocenters. The van der Waals surface area contributed by atoms with Crippen LogP contribution in [0.5, 0.6) is 0 Å². The number of carbonyl (C=O) groups excluding carboxylic acids is 1. The van der Waals surface area contributed by atoms with Crippen molar-refractivity contribution < 1.29 is 9.90 Å². The Morgan fingerprint density at radius 3 is 2.67 bits per heavy atom. The van der Waals surface area contributed by atoms with Crippen molar-refractivity contribution in [1.82, 2.24) is 0 Å². The summed E-state index contributed by atoms with van der Waals surface area (Å²) in [4.78, 5) is 12.9. The highest BCUT2D eigenvalue weighted by Crippen LogP contribution is 2.47. The summed E-state index contributed by atoms with van der Waals surface area (Å²) in [6.45, 7) is 6.46. The van der Waals surface area contributed by atoms with E-state index in [2.05, 4.69) is 19.9 Å². The van der Waals surface area contributed by atoms with Crippen molar-refractivity contribution in [1.29, 1.82) is 0 Å². The first kappa shape index (κ1) is 12.8. The number of fused-ring (bicyclic) bond motifs is 1. The molecule has 1 atom stereocenters. The molecule has 96 valence electrons. The number of para-hydroxylation sites is 1. The van der Waals surface area contributed by atoms with E-state index in [1.165, 1.54) is 5.56 Å². The Kier molecular flexibility index (Phi) is 3.26. The van der Waals surface area contributed by atoms with Gasteiger partial charge in [0.05, 0.1) is 6.10 Å². The molecule has 1 aliphatic rings. The van der Waals surface area contributed by atoms with Gasteiger partial charge in [-0.05, 0) is 24.6 Å². The topological polar surface area (TPSA) is 40.5 Å². The molecule has 0 radical (unpaired) electrons. The van der Waals surface area contributed by atoms with E-state index in [0.29, 0.717) is 6.54 Å². The predicted octanol–water partition coefficient (Wildman–Crippen LogP) is 2.25. The highest BCUT2D eigenvalue weighted by atomic mass is 16.3. The van der Waals surface area contributed by atoms with Gasteiger partial charge < -0.3 is 10.0 Å². The van der Waals surface area contributed by atoms with Crippen LogP contribution in [0.25, 0.3) is 0 Å². The van der Waals surface area contributed by atoms with Gasteiger partial charge in [0.25, 0.3) is 0 Å². The molecule has 0 aromatic heterocycles. The van der Waals surface area contributed by atoms with Gasteiger partial charge in [0.1, 0.15) is 6.29 Å². The third kappa shape index (κ3) is 1.95. The smallest absolute Gasteiger partial charge is 0.144 e. The third-order valence-corrected chi connectivity index (χ3v) is 3.47. The van der Waals surface area contributed by atoms with Crippen molar-refractivity contribution in [2.24, 2.45) is 0 Å². The summed E-state index contributed by atoms with van der Waals surface area (Å²) in [5.74, 6) is 0. The molecule has 0 amide bonds. The standard InChI is InChI=1S/C15H19NO2/c1-11(18)10-16-13-7-5-4-6-12(13)15(2,3)14(16)8-9-17/h4-9,11,18H,10H2,1-3H3/b14-8-. The predicted molar refractivity (Wildman–Crippen MR) is 72.6 cm³/mol. The number of aldehydes is 1. The molecular weight excluding hydrogens is 226 g/mol. The summed E-state index contributed by atoms with van der Waals surface area (Å²) >= 11 is 0. The minimum atomic E-state index is -0.443. The Morgan fingerprint density at radius 2 is 2.06 bits per heavy atom. The number of benzene rings is 1. The van der Waals surface area contributed by atoms with Crippen LogP contribution >= 0.6 is 0 Å². The van der Waals surface area contributed by atoms with E-state index in [0.717, 1.165) is 17.7 Å². The second-order valence-corrected chi connectivity index (χ2v) is 5.29. The van der Waals surface area contributed by atoms with Crippen molar-refractivity contribution in [3.8, 4) is 0 Å². The van der Waals surface area contributed by atoms with Crippen LogP contribution in [0.2, 0.25) is 0 Å². The quantitative estimate of drug-likeness (QED) is 0.656. The van der Waals surface area contributed by atoms with Crippen molar-refractivity contribution >= 4 is 12.0 Å². The van der Waals surface area contributed by atoms with E-state index in [1.807, 2.05) is 23.1 Å². The van der Waals surface area contributed by atoms with Gasteiger partial charge in [-0.2, -0.15) is 0 Å². The molecule has 3 heteroatoms. The second kappa shape index (κ2) is 4.58. The van der Waals surface area contributed by atoms with Gasteiger partial charge in [0.15, 0.2) is 0 Å². The van der Waals surface area contributed by atoms with E-state index < -0.39 is 6.10 Å². The molecule has 0 aliphatic carbocycles. The normalized spacial score (nSPS) is 20.9. The molecule has 0 bridgehead atoms. The Morgan fingerprint density at radius 1 is 1.39 bits per heavy atom. The lowest BCUT2D eigenvalue weighted by molar-refractivity contribution is -0.104. The van der Waals surface area contributed by atoms with Gasteiger partial charge in [0.2, 0.25) is 0 Å². The zero-order chi connectivity index (χ0) is 13.3. The number of hydrogen-bond donors (Lipinski definition) is 1. The minimum absolute atomic E-state index is 0.202. The summed E-state index contributed by atoms with van der Waals surface area (Å²) in [6.07, 6.45) is 1.97. The van der Waals surface area contributed by atoms with Crippen LogP contribution < -0.4 is 4.90 Å². The molecule has 18 heavy (non-hydrogen) atoms. The maximum atomic E-state index is 10.9. The fourth-order valence-corrected chi connectivity index (χ4v) is 2.67. The Balaban J connectivity index is 2.56. The number of allylic oxidation sites excluding steroid dienone is 2. The van der Waals surface area contributed by atoms with Gasteiger partial charge in [-0.15, -0.1) is 0 Å². The zero-order valence-corrected chi connectivity index (χ0v) is 11.1. The Labute approximate surface area is 108 Å². The number of aliphatic hydroxyl groups excluding tert-OH is 1. The average Bonchev–Trinajstić information content (AvgIpc) is 2.51. The minimum Gasteiger partial charge on any atom is -0.392 e. The van der Waals surface area contributed by atoms with Gasteiger partial charge in [-0.3, -0.25) is 4.79 Å². The number of nitrogens with zero attached hydrogens (tertiary/aromatic N) is 1. The second-order valence-electron chi connectivity index (χ2n) is 5.29. The van der Waals surface area contributed by atoms with E-state index in [9.17, 15) is 9.90 Å². The van der Waals surface area contributed by atoms with Crippen LogP contribution in [0.1, 0.15) is 26.3 Å². The highest BCUT2D eigenvalue weighted by molar-refractivity contribution is 5.77. The lowest BCUT2D eigenvalue weighted by atomic mass is 9.84. The summed E-state index contributed by atoms with van der Waals surface area (Å²) < 4.78 is 0.